The van der Waals surface area contributed by atoms with Gasteiger partial charge in [0.1, 0.15) is 0 Å². The van der Waals surface area contributed by atoms with Crippen LogP contribution >= 0.6 is 28.1 Å². The van der Waals surface area contributed by atoms with Crippen molar-refractivity contribution < 1.29 is 14.2 Å². The van der Waals surface area contributed by atoms with Crippen molar-refractivity contribution >= 4 is 39.5 Å². The van der Waals surface area contributed by atoms with Crippen LogP contribution in [0.2, 0.25) is 0 Å². The lowest BCUT2D eigenvalue weighted by molar-refractivity contribution is 0.114. The summed E-state index contributed by atoms with van der Waals surface area (Å²) in [6.07, 6.45) is 4.08. The standard InChI is InChI=1S/C16H22BrN3O3S/c1-3-22-15-13(17)7-11(8-14(15)21-2)9-19-20-16(24)18-10-12-5-4-6-23-12/h7-9,12H,3-6,10H2,1-2H3,(H2,18,20,24)/b19-9-/t12-/m0/s1. The summed E-state index contributed by atoms with van der Waals surface area (Å²) in [4.78, 5) is 0. The van der Waals surface area contributed by atoms with E-state index in [9.17, 15) is 0 Å². The second-order valence-electron chi connectivity index (χ2n) is 5.18. The van der Waals surface area contributed by atoms with Crippen molar-refractivity contribution in [1.82, 2.24) is 10.7 Å². The van der Waals surface area contributed by atoms with Crippen LogP contribution in [0.15, 0.2) is 21.7 Å². The van der Waals surface area contributed by atoms with E-state index < -0.39 is 0 Å². The van der Waals surface area contributed by atoms with Gasteiger partial charge in [-0.3, -0.25) is 5.43 Å². The highest BCUT2D eigenvalue weighted by Crippen LogP contribution is 2.36. The SMILES string of the molecule is CCOc1c(Br)cc(/C=N\NC(=S)NC[C@@H]2CCCO2)cc1OC. The molecule has 2 N–H and O–H groups in total. The zero-order chi connectivity index (χ0) is 17.4. The molecule has 1 aromatic rings. The minimum atomic E-state index is 0.236. The number of halogens is 1. The lowest BCUT2D eigenvalue weighted by Gasteiger charge is -2.12. The van der Waals surface area contributed by atoms with Crippen molar-refractivity contribution in [3.63, 3.8) is 0 Å². The van der Waals surface area contributed by atoms with Gasteiger partial charge in [-0.05, 0) is 65.6 Å². The van der Waals surface area contributed by atoms with Crippen LogP contribution in [0.25, 0.3) is 0 Å². The molecule has 6 nitrogen and oxygen atoms in total. The lowest BCUT2D eigenvalue weighted by Crippen LogP contribution is -2.37. The predicted molar refractivity (Wildman–Crippen MR) is 102 cm³/mol. The van der Waals surface area contributed by atoms with Crippen LogP contribution in [0.1, 0.15) is 25.3 Å². The quantitative estimate of drug-likeness (QED) is 0.405. The molecule has 0 bridgehead atoms. The van der Waals surface area contributed by atoms with Crippen LogP contribution in [0.3, 0.4) is 0 Å². The molecule has 1 heterocycles. The van der Waals surface area contributed by atoms with E-state index in [2.05, 4.69) is 31.8 Å². The van der Waals surface area contributed by atoms with E-state index >= 15 is 0 Å². The van der Waals surface area contributed by atoms with Gasteiger partial charge >= 0.3 is 0 Å². The molecule has 0 radical (unpaired) electrons. The molecule has 24 heavy (non-hydrogen) atoms. The maximum atomic E-state index is 5.56. The van der Waals surface area contributed by atoms with Gasteiger partial charge in [0, 0.05) is 13.2 Å². The maximum absolute atomic E-state index is 5.56. The molecule has 0 spiro atoms. The number of hydrogen-bond acceptors (Lipinski definition) is 5. The number of thiocarbonyl (C=S) groups is 1. The van der Waals surface area contributed by atoms with Gasteiger partial charge in [-0.1, -0.05) is 0 Å². The molecule has 1 fully saturated rings. The topological polar surface area (TPSA) is 64.1 Å². The Labute approximate surface area is 156 Å². The third-order valence-electron chi connectivity index (χ3n) is 3.43. The fourth-order valence-corrected chi connectivity index (χ4v) is 3.03. The summed E-state index contributed by atoms with van der Waals surface area (Å²) in [6.45, 7) is 4.02. The van der Waals surface area contributed by atoms with E-state index in [1.807, 2.05) is 19.1 Å². The second-order valence-corrected chi connectivity index (χ2v) is 6.44. The summed E-state index contributed by atoms with van der Waals surface area (Å²) in [5.41, 5.74) is 3.66. The van der Waals surface area contributed by atoms with E-state index in [0.717, 1.165) is 29.5 Å². The van der Waals surface area contributed by atoms with Gasteiger partial charge in [-0.15, -0.1) is 0 Å². The number of hydrazone groups is 1. The third-order valence-corrected chi connectivity index (χ3v) is 4.26. The fourth-order valence-electron chi connectivity index (χ4n) is 2.32. The third kappa shape index (κ3) is 5.61. The van der Waals surface area contributed by atoms with Crippen molar-refractivity contribution in [2.45, 2.75) is 25.9 Å². The average Bonchev–Trinajstić information content (AvgIpc) is 3.08. The highest BCUT2D eigenvalue weighted by Gasteiger charge is 2.15. The highest BCUT2D eigenvalue weighted by molar-refractivity contribution is 9.10. The largest absolute Gasteiger partial charge is 0.493 e. The predicted octanol–water partition coefficient (Wildman–Crippen LogP) is 2.83. The van der Waals surface area contributed by atoms with Gasteiger partial charge in [0.25, 0.3) is 0 Å². The Kier molecular flexibility index (Phi) is 7.74. The number of nitrogens with zero attached hydrogens (tertiary/aromatic N) is 1. The molecular formula is C16H22BrN3O3S. The Morgan fingerprint density at radius 2 is 2.38 bits per heavy atom. The van der Waals surface area contributed by atoms with Crippen LogP contribution in [-0.4, -0.2) is 44.3 Å². The van der Waals surface area contributed by atoms with Crippen LogP contribution in [0, 0.1) is 0 Å². The van der Waals surface area contributed by atoms with Crippen molar-refractivity contribution in [3.8, 4) is 11.5 Å². The van der Waals surface area contributed by atoms with Crippen molar-refractivity contribution in [1.29, 1.82) is 0 Å². The van der Waals surface area contributed by atoms with E-state index in [4.69, 9.17) is 26.4 Å². The Morgan fingerprint density at radius 3 is 3.04 bits per heavy atom. The molecule has 2 rings (SSSR count). The average molecular weight is 416 g/mol. The highest BCUT2D eigenvalue weighted by atomic mass is 79.9. The second kappa shape index (κ2) is 9.80. The normalized spacial score (nSPS) is 17.0. The Morgan fingerprint density at radius 1 is 1.54 bits per heavy atom. The van der Waals surface area contributed by atoms with Gasteiger partial charge in [0.2, 0.25) is 0 Å². The van der Waals surface area contributed by atoms with Crippen LogP contribution in [0.4, 0.5) is 0 Å². The first-order valence-corrected chi connectivity index (χ1v) is 9.03. The molecule has 132 valence electrons. The van der Waals surface area contributed by atoms with Crippen molar-refractivity contribution in [2.75, 3.05) is 26.9 Å². The monoisotopic (exact) mass is 415 g/mol. The molecule has 1 atom stereocenters. The molecular weight excluding hydrogens is 394 g/mol. The number of nitrogens with one attached hydrogen (secondary N) is 2. The molecule has 0 unspecified atom stereocenters. The van der Waals surface area contributed by atoms with Gasteiger partial charge in [0.15, 0.2) is 16.6 Å². The number of ether oxygens (including phenoxy) is 3. The van der Waals surface area contributed by atoms with Crippen LogP contribution < -0.4 is 20.2 Å². The molecule has 0 aliphatic carbocycles. The summed E-state index contributed by atoms with van der Waals surface area (Å²) >= 11 is 8.67. The molecule has 0 aromatic heterocycles. The van der Waals surface area contributed by atoms with Crippen LogP contribution in [-0.2, 0) is 4.74 Å². The molecule has 1 aliphatic heterocycles. The minimum Gasteiger partial charge on any atom is -0.493 e. The van der Waals surface area contributed by atoms with Gasteiger partial charge < -0.3 is 19.5 Å². The first-order valence-electron chi connectivity index (χ1n) is 7.82. The Bertz CT molecular complexity index is 592. The lowest BCUT2D eigenvalue weighted by atomic mass is 10.2. The van der Waals surface area contributed by atoms with E-state index in [-0.39, 0.29) is 6.10 Å². The number of methoxy groups -OCH3 is 1. The molecule has 0 amide bonds. The van der Waals surface area contributed by atoms with Gasteiger partial charge in [-0.25, -0.2) is 0 Å². The molecule has 1 saturated heterocycles. The Hall–Kier alpha value is -1.38. The number of benzene rings is 1. The maximum Gasteiger partial charge on any atom is 0.187 e. The fraction of sp³-hybridized carbons (Fsp3) is 0.500. The van der Waals surface area contributed by atoms with E-state index in [1.165, 1.54) is 0 Å². The summed E-state index contributed by atoms with van der Waals surface area (Å²) in [5.74, 6) is 1.32. The number of rotatable bonds is 7. The van der Waals surface area contributed by atoms with Gasteiger partial charge in [-0.2, -0.15) is 5.10 Å². The minimum absolute atomic E-state index is 0.236. The zero-order valence-electron chi connectivity index (χ0n) is 13.8. The molecule has 8 heteroatoms. The van der Waals surface area contributed by atoms with Gasteiger partial charge in [0.05, 0.1) is 30.5 Å². The molecule has 1 aromatic carbocycles. The van der Waals surface area contributed by atoms with E-state index in [1.54, 1.807) is 13.3 Å². The number of hydrogen-bond donors (Lipinski definition) is 2. The zero-order valence-corrected chi connectivity index (χ0v) is 16.2. The summed E-state index contributed by atoms with van der Waals surface area (Å²) in [7, 11) is 1.60. The van der Waals surface area contributed by atoms with E-state index in [0.29, 0.717) is 29.8 Å². The first kappa shape index (κ1) is 19.0. The molecule has 1 aliphatic rings. The summed E-state index contributed by atoms with van der Waals surface area (Å²) in [5, 5.41) is 7.71. The summed E-state index contributed by atoms with van der Waals surface area (Å²) < 4.78 is 17.3. The molecule has 0 saturated carbocycles. The summed E-state index contributed by atoms with van der Waals surface area (Å²) in [6, 6.07) is 3.76. The smallest absolute Gasteiger partial charge is 0.187 e. The Balaban J connectivity index is 1.88. The first-order chi connectivity index (χ1) is 11.6. The van der Waals surface area contributed by atoms with Crippen molar-refractivity contribution in [2.24, 2.45) is 5.10 Å². The van der Waals surface area contributed by atoms with Crippen molar-refractivity contribution in [3.05, 3.63) is 22.2 Å². The van der Waals surface area contributed by atoms with Crippen LogP contribution in [0.5, 0.6) is 11.5 Å².